The summed E-state index contributed by atoms with van der Waals surface area (Å²) in [5, 5.41) is 5.04. The maximum atomic E-state index is 2.46. The van der Waals surface area contributed by atoms with Gasteiger partial charge in [0.05, 0.1) is 11.0 Å². The molecule has 0 amide bonds. The lowest BCUT2D eigenvalue weighted by Crippen LogP contribution is -2.10. The summed E-state index contributed by atoms with van der Waals surface area (Å²) in [7, 11) is 0. The zero-order valence-electron chi connectivity index (χ0n) is 30.0. The third-order valence-corrected chi connectivity index (χ3v) is 10.5. The number of para-hydroxylation sites is 4. The number of aryl methyl sites for hydroxylation is 1. The average molecular weight is 692 g/mol. The van der Waals surface area contributed by atoms with Gasteiger partial charge in [-0.15, -0.1) is 0 Å². The van der Waals surface area contributed by atoms with Gasteiger partial charge in [-0.3, -0.25) is 0 Å². The fraction of sp³-hybridized carbons (Fsp3) is 0.0196. The standard InChI is InChI=1S/C51H37N3/c1-36-22-28-45(29-23-36)53(43-18-10-4-11-19-43)47-33-39-25-24-38-32-40(34-48-50(38)51(39)49(35-47)54(48)44-20-12-5-13-21-44)37-26-30-46(31-27-37)52(41-14-6-2-7-15-41)42-16-8-3-9-17-42/h2-35H,1H3. The number of hydrogen-bond donors (Lipinski definition) is 0. The molecule has 0 aliphatic rings. The highest BCUT2D eigenvalue weighted by Crippen LogP contribution is 2.45. The van der Waals surface area contributed by atoms with Gasteiger partial charge in [-0.05, 0) is 126 Å². The third kappa shape index (κ3) is 5.46. The van der Waals surface area contributed by atoms with Crippen LogP contribution in [-0.2, 0) is 0 Å². The summed E-state index contributed by atoms with van der Waals surface area (Å²) in [5.74, 6) is 0. The van der Waals surface area contributed by atoms with Gasteiger partial charge in [0.25, 0.3) is 0 Å². The highest BCUT2D eigenvalue weighted by atomic mass is 15.1. The fourth-order valence-electron chi connectivity index (χ4n) is 8.03. The van der Waals surface area contributed by atoms with Crippen molar-refractivity contribution in [2.75, 3.05) is 9.80 Å². The Kier molecular flexibility index (Phi) is 7.70. The van der Waals surface area contributed by atoms with Crippen molar-refractivity contribution in [2.24, 2.45) is 0 Å². The summed E-state index contributed by atoms with van der Waals surface area (Å²) in [6.45, 7) is 2.14. The van der Waals surface area contributed by atoms with Crippen molar-refractivity contribution in [3.63, 3.8) is 0 Å². The van der Waals surface area contributed by atoms with E-state index in [1.54, 1.807) is 0 Å². The van der Waals surface area contributed by atoms with Crippen molar-refractivity contribution in [3.05, 3.63) is 212 Å². The van der Waals surface area contributed by atoms with E-state index in [-0.39, 0.29) is 0 Å². The van der Waals surface area contributed by atoms with Gasteiger partial charge >= 0.3 is 0 Å². The van der Waals surface area contributed by atoms with E-state index in [0.717, 1.165) is 39.8 Å². The van der Waals surface area contributed by atoms with Crippen LogP contribution in [0.2, 0.25) is 0 Å². The van der Waals surface area contributed by atoms with Gasteiger partial charge in [-0.2, -0.15) is 0 Å². The molecule has 1 heterocycles. The first-order valence-electron chi connectivity index (χ1n) is 18.5. The Balaban J connectivity index is 1.16. The number of rotatable bonds is 8. The van der Waals surface area contributed by atoms with Crippen LogP contribution in [0.25, 0.3) is 49.4 Å². The fourth-order valence-corrected chi connectivity index (χ4v) is 8.03. The van der Waals surface area contributed by atoms with Crippen molar-refractivity contribution in [2.45, 2.75) is 6.92 Å². The van der Waals surface area contributed by atoms with Gasteiger partial charge in [-0.1, -0.05) is 115 Å². The highest BCUT2D eigenvalue weighted by molar-refractivity contribution is 6.25. The van der Waals surface area contributed by atoms with Crippen LogP contribution in [0.15, 0.2) is 206 Å². The van der Waals surface area contributed by atoms with E-state index in [0.29, 0.717) is 0 Å². The summed E-state index contributed by atoms with van der Waals surface area (Å²) in [5.41, 5.74) is 13.9. The molecule has 0 spiro atoms. The average Bonchev–Trinajstić information content (AvgIpc) is 3.57. The Morgan fingerprint density at radius 2 is 0.759 bits per heavy atom. The van der Waals surface area contributed by atoms with Crippen LogP contribution in [0.4, 0.5) is 34.1 Å². The van der Waals surface area contributed by atoms with Crippen LogP contribution >= 0.6 is 0 Å². The molecule has 0 aliphatic heterocycles. The van der Waals surface area contributed by atoms with Crippen molar-refractivity contribution in [3.8, 4) is 16.8 Å². The van der Waals surface area contributed by atoms with Crippen LogP contribution in [0.3, 0.4) is 0 Å². The van der Waals surface area contributed by atoms with Crippen molar-refractivity contribution < 1.29 is 0 Å². The Morgan fingerprint density at radius 3 is 1.30 bits per heavy atom. The van der Waals surface area contributed by atoms with Crippen LogP contribution < -0.4 is 9.80 Å². The molecule has 1 aromatic heterocycles. The summed E-state index contributed by atoms with van der Waals surface area (Å²) in [6, 6.07) is 74.5. The predicted molar refractivity (Wildman–Crippen MR) is 229 cm³/mol. The first-order chi connectivity index (χ1) is 26.7. The van der Waals surface area contributed by atoms with E-state index in [1.807, 2.05) is 0 Å². The molecule has 256 valence electrons. The van der Waals surface area contributed by atoms with E-state index >= 15 is 0 Å². The lowest BCUT2D eigenvalue weighted by Gasteiger charge is -2.26. The van der Waals surface area contributed by atoms with Gasteiger partial charge in [0.15, 0.2) is 0 Å². The molecule has 9 aromatic carbocycles. The van der Waals surface area contributed by atoms with E-state index < -0.39 is 0 Å². The molecule has 0 saturated carbocycles. The lowest BCUT2D eigenvalue weighted by molar-refractivity contribution is 1.18. The Morgan fingerprint density at radius 1 is 0.333 bits per heavy atom. The normalized spacial score (nSPS) is 11.4. The quantitative estimate of drug-likeness (QED) is 0.147. The topological polar surface area (TPSA) is 11.4 Å². The third-order valence-electron chi connectivity index (χ3n) is 10.5. The molecule has 0 radical (unpaired) electrons. The second-order valence-electron chi connectivity index (χ2n) is 14.0. The molecule has 0 fully saturated rings. The molecule has 0 N–H and O–H groups in total. The van der Waals surface area contributed by atoms with Gasteiger partial charge in [0.1, 0.15) is 0 Å². The van der Waals surface area contributed by atoms with Gasteiger partial charge in [0.2, 0.25) is 0 Å². The molecule has 10 aromatic rings. The Bertz CT molecular complexity index is 2800. The predicted octanol–water partition coefficient (Wildman–Crippen LogP) is 14.3. The molecular formula is C51H37N3. The summed E-state index contributed by atoms with van der Waals surface area (Å²) < 4.78 is 2.46. The monoisotopic (exact) mass is 691 g/mol. The van der Waals surface area contributed by atoms with Crippen LogP contribution in [0.5, 0.6) is 0 Å². The van der Waals surface area contributed by atoms with Crippen LogP contribution in [0.1, 0.15) is 5.56 Å². The van der Waals surface area contributed by atoms with Crippen molar-refractivity contribution in [1.29, 1.82) is 0 Å². The maximum absolute atomic E-state index is 2.46. The highest BCUT2D eigenvalue weighted by Gasteiger charge is 2.22. The lowest BCUT2D eigenvalue weighted by atomic mass is 9.96. The summed E-state index contributed by atoms with van der Waals surface area (Å²) in [6.07, 6.45) is 0. The minimum atomic E-state index is 1.12. The second kappa shape index (κ2) is 13.1. The molecular weight excluding hydrogens is 655 g/mol. The van der Waals surface area contributed by atoms with Gasteiger partial charge in [0, 0.05) is 50.6 Å². The second-order valence-corrected chi connectivity index (χ2v) is 14.0. The van der Waals surface area contributed by atoms with Crippen molar-refractivity contribution >= 4 is 66.7 Å². The number of benzene rings is 9. The molecule has 3 heteroatoms. The Labute approximate surface area is 315 Å². The minimum absolute atomic E-state index is 1.12. The number of nitrogens with zero attached hydrogens (tertiary/aromatic N) is 3. The molecule has 0 bridgehead atoms. The van der Waals surface area contributed by atoms with Crippen LogP contribution in [-0.4, -0.2) is 4.57 Å². The van der Waals surface area contributed by atoms with Gasteiger partial charge in [-0.25, -0.2) is 0 Å². The van der Waals surface area contributed by atoms with E-state index in [9.17, 15) is 0 Å². The molecule has 54 heavy (non-hydrogen) atoms. The SMILES string of the molecule is Cc1ccc(N(c2ccccc2)c2cc3ccc4cc(-c5ccc(N(c6ccccc6)c6ccccc6)cc5)cc5c4c3c(c2)n5-c2ccccc2)cc1. The number of anilines is 6. The molecule has 0 saturated heterocycles. The molecule has 10 rings (SSSR count). The minimum Gasteiger partial charge on any atom is -0.311 e. The van der Waals surface area contributed by atoms with E-state index in [4.69, 9.17) is 0 Å². The zero-order chi connectivity index (χ0) is 36.0. The summed E-state index contributed by atoms with van der Waals surface area (Å²) >= 11 is 0. The molecule has 3 nitrogen and oxygen atoms in total. The van der Waals surface area contributed by atoms with Gasteiger partial charge < -0.3 is 14.4 Å². The summed E-state index contributed by atoms with van der Waals surface area (Å²) in [4.78, 5) is 4.67. The number of hydrogen-bond acceptors (Lipinski definition) is 2. The van der Waals surface area contributed by atoms with E-state index in [2.05, 4.69) is 228 Å². The number of aromatic nitrogens is 1. The Hall–Kier alpha value is -7.10. The van der Waals surface area contributed by atoms with Crippen molar-refractivity contribution in [1.82, 2.24) is 4.57 Å². The smallest absolute Gasteiger partial charge is 0.0568 e. The molecule has 0 atom stereocenters. The first-order valence-corrected chi connectivity index (χ1v) is 18.5. The van der Waals surface area contributed by atoms with Crippen LogP contribution in [0, 0.1) is 6.92 Å². The zero-order valence-corrected chi connectivity index (χ0v) is 30.0. The van der Waals surface area contributed by atoms with E-state index in [1.165, 1.54) is 49.3 Å². The molecule has 0 unspecified atom stereocenters. The first kappa shape index (κ1) is 31.6. The largest absolute Gasteiger partial charge is 0.311 e. The maximum Gasteiger partial charge on any atom is 0.0568 e. The molecule has 0 aliphatic carbocycles.